The fourth-order valence-electron chi connectivity index (χ4n) is 2.44. The number of hydrogen-bond donors (Lipinski definition) is 2. The quantitative estimate of drug-likeness (QED) is 0.670. The van der Waals surface area contributed by atoms with Crippen molar-refractivity contribution >= 4 is 6.29 Å². The Bertz CT molecular complexity index is 397. The standard InChI is InChI=1S/C11H15NO3/c1-6-8(14)3-9(15)10-7(5-13)4-12(2)11(6)10/h4-6,8-9,14-15H,3H2,1-2H3/t6-,8-,9-/m1/s1. The van der Waals surface area contributed by atoms with Crippen LogP contribution in [0.4, 0.5) is 0 Å². The van der Waals surface area contributed by atoms with E-state index >= 15 is 0 Å². The summed E-state index contributed by atoms with van der Waals surface area (Å²) in [4.78, 5) is 10.8. The molecular formula is C11H15NO3. The predicted octanol–water partition coefficient (Wildman–Crippen LogP) is 0.739. The zero-order valence-electron chi connectivity index (χ0n) is 8.84. The first-order valence-electron chi connectivity index (χ1n) is 5.06. The number of fused-ring (bicyclic) bond motifs is 1. The molecule has 82 valence electrons. The largest absolute Gasteiger partial charge is 0.392 e. The van der Waals surface area contributed by atoms with Crippen molar-refractivity contribution in [2.45, 2.75) is 31.5 Å². The van der Waals surface area contributed by atoms with Gasteiger partial charge in [-0.15, -0.1) is 0 Å². The second-order valence-electron chi connectivity index (χ2n) is 4.22. The molecule has 0 bridgehead atoms. The molecular weight excluding hydrogens is 194 g/mol. The normalized spacial score (nSPS) is 30.0. The minimum absolute atomic E-state index is 0.0397. The van der Waals surface area contributed by atoms with E-state index in [-0.39, 0.29) is 5.92 Å². The predicted molar refractivity (Wildman–Crippen MR) is 54.8 cm³/mol. The third kappa shape index (κ3) is 1.41. The number of aldehydes is 1. The van der Waals surface area contributed by atoms with Crippen molar-refractivity contribution in [1.82, 2.24) is 4.57 Å². The number of aryl methyl sites for hydroxylation is 1. The van der Waals surface area contributed by atoms with E-state index in [0.717, 1.165) is 12.0 Å². The van der Waals surface area contributed by atoms with Crippen LogP contribution in [0.3, 0.4) is 0 Å². The topological polar surface area (TPSA) is 62.5 Å². The lowest BCUT2D eigenvalue weighted by atomic mass is 9.83. The minimum Gasteiger partial charge on any atom is -0.392 e. The molecule has 1 aliphatic carbocycles. The third-order valence-corrected chi connectivity index (χ3v) is 3.23. The monoisotopic (exact) mass is 209 g/mol. The van der Waals surface area contributed by atoms with Crippen LogP contribution in [-0.2, 0) is 7.05 Å². The van der Waals surface area contributed by atoms with Gasteiger partial charge in [0.1, 0.15) is 0 Å². The highest BCUT2D eigenvalue weighted by Gasteiger charge is 2.34. The SMILES string of the molecule is C[C@H]1c2c(c(C=O)cn2C)[C@H](O)C[C@H]1O. The molecule has 2 N–H and O–H groups in total. The molecule has 0 amide bonds. The average Bonchev–Trinajstić information content (AvgIpc) is 2.52. The zero-order chi connectivity index (χ0) is 11.2. The molecule has 0 saturated carbocycles. The summed E-state index contributed by atoms with van der Waals surface area (Å²) < 4.78 is 1.81. The molecule has 15 heavy (non-hydrogen) atoms. The first-order chi connectivity index (χ1) is 7.06. The summed E-state index contributed by atoms with van der Waals surface area (Å²) in [6, 6.07) is 0. The lowest BCUT2D eigenvalue weighted by Crippen LogP contribution is -2.27. The van der Waals surface area contributed by atoms with E-state index in [1.54, 1.807) is 6.20 Å². The smallest absolute Gasteiger partial charge is 0.151 e. The zero-order valence-corrected chi connectivity index (χ0v) is 8.84. The maximum Gasteiger partial charge on any atom is 0.151 e. The summed E-state index contributed by atoms with van der Waals surface area (Å²) in [5, 5.41) is 19.6. The Labute approximate surface area is 88.1 Å². The molecule has 1 aromatic heterocycles. The number of aliphatic hydroxyl groups excluding tert-OH is 2. The Morgan fingerprint density at radius 1 is 1.53 bits per heavy atom. The lowest BCUT2D eigenvalue weighted by molar-refractivity contribution is 0.0505. The first kappa shape index (κ1) is 10.4. The van der Waals surface area contributed by atoms with Gasteiger partial charge in [-0.3, -0.25) is 4.79 Å². The van der Waals surface area contributed by atoms with Gasteiger partial charge < -0.3 is 14.8 Å². The number of carbonyl (C=O) groups is 1. The summed E-state index contributed by atoms with van der Waals surface area (Å²) in [5.41, 5.74) is 2.08. The second-order valence-corrected chi connectivity index (χ2v) is 4.22. The van der Waals surface area contributed by atoms with Crippen molar-refractivity contribution in [3.05, 3.63) is 23.0 Å². The van der Waals surface area contributed by atoms with Crippen LogP contribution in [0.25, 0.3) is 0 Å². The average molecular weight is 209 g/mol. The Hall–Kier alpha value is -1.13. The van der Waals surface area contributed by atoms with Gasteiger partial charge in [-0.05, 0) is 0 Å². The van der Waals surface area contributed by atoms with Crippen molar-refractivity contribution in [3.63, 3.8) is 0 Å². The number of aromatic nitrogens is 1. The van der Waals surface area contributed by atoms with Crippen LogP contribution in [-0.4, -0.2) is 27.2 Å². The van der Waals surface area contributed by atoms with Gasteiger partial charge in [0.05, 0.1) is 12.2 Å². The van der Waals surface area contributed by atoms with Gasteiger partial charge >= 0.3 is 0 Å². The maximum absolute atomic E-state index is 10.8. The van der Waals surface area contributed by atoms with Gasteiger partial charge in [-0.2, -0.15) is 0 Å². The minimum atomic E-state index is -0.729. The number of nitrogens with zero attached hydrogens (tertiary/aromatic N) is 1. The van der Waals surface area contributed by atoms with Crippen LogP contribution in [0.2, 0.25) is 0 Å². The van der Waals surface area contributed by atoms with E-state index in [9.17, 15) is 15.0 Å². The molecule has 4 nitrogen and oxygen atoms in total. The molecule has 1 aromatic rings. The molecule has 0 unspecified atom stereocenters. The van der Waals surface area contributed by atoms with Crippen LogP contribution in [0.15, 0.2) is 6.20 Å². The third-order valence-electron chi connectivity index (χ3n) is 3.23. The first-order valence-corrected chi connectivity index (χ1v) is 5.06. The lowest BCUT2D eigenvalue weighted by Gasteiger charge is -2.30. The van der Waals surface area contributed by atoms with E-state index in [4.69, 9.17) is 0 Å². The summed E-state index contributed by atoms with van der Waals surface area (Å²) in [6.07, 6.45) is 1.49. The summed E-state index contributed by atoms with van der Waals surface area (Å²) in [6.45, 7) is 1.91. The Morgan fingerprint density at radius 2 is 2.20 bits per heavy atom. The molecule has 1 heterocycles. The number of rotatable bonds is 1. The molecule has 0 aromatic carbocycles. The van der Waals surface area contributed by atoms with Crippen LogP contribution in [0.1, 0.15) is 47.0 Å². The Morgan fingerprint density at radius 3 is 2.80 bits per heavy atom. The van der Waals surface area contributed by atoms with Crippen molar-refractivity contribution in [2.75, 3.05) is 0 Å². The molecule has 0 spiro atoms. The molecule has 2 rings (SSSR count). The van der Waals surface area contributed by atoms with Crippen molar-refractivity contribution < 1.29 is 15.0 Å². The molecule has 1 aliphatic rings. The van der Waals surface area contributed by atoms with E-state index in [1.165, 1.54) is 0 Å². The fraction of sp³-hybridized carbons (Fsp3) is 0.545. The fourth-order valence-corrected chi connectivity index (χ4v) is 2.44. The molecule has 0 fully saturated rings. The van der Waals surface area contributed by atoms with Gasteiger partial charge in [-0.1, -0.05) is 6.92 Å². The van der Waals surface area contributed by atoms with E-state index in [0.29, 0.717) is 17.5 Å². The molecule has 0 saturated heterocycles. The van der Waals surface area contributed by atoms with Crippen molar-refractivity contribution in [3.8, 4) is 0 Å². The van der Waals surface area contributed by atoms with E-state index in [2.05, 4.69) is 0 Å². The number of hydrogen-bond acceptors (Lipinski definition) is 3. The van der Waals surface area contributed by atoms with Crippen LogP contribution < -0.4 is 0 Å². The van der Waals surface area contributed by atoms with Gasteiger partial charge in [-0.25, -0.2) is 0 Å². The van der Waals surface area contributed by atoms with Gasteiger partial charge in [0.25, 0.3) is 0 Å². The highest BCUT2D eigenvalue weighted by atomic mass is 16.3. The second kappa shape index (κ2) is 3.47. The maximum atomic E-state index is 10.8. The van der Waals surface area contributed by atoms with Crippen LogP contribution in [0.5, 0.6) is 0 Å². The Kier molecular flexibility index (Phi) is 2.40. The summed E-state index contributed by atoms with van der Waals surface area (Å²) in [5.74, 6) is -0.0397. The van der Waals surface area contributed by atoms with Crippen LogP contribution in [0, 0.1) is 0 Å². The van der Waals surface area contributed by atoms with Crippen molar-refractivity contribution in [1.29, 1.82) is 0 Å². The molecule has 0 aliphatic heterocycles. The van der Waals surface area contributed by atoms with E-state index in [1.807, 2.05) is 18.5 Å². The van der Waals surface area contributed by atoms with Gasteiger partial charge in [0.2, 0.25) is 0 Å². The van der Waals surface area contributed by atoms with Crippen molar-refractivity contribution in [2.24, 2.45) is 7.05 Å². The van der Waals surface area contributed by atoms with Gasteiger partial charge in [0.15, 0.2) is 6.29 Å². The highest BCUT2D eigenvalue weighted by Crippen LogP contribution is 2.39. The highest BCUT2D eigenvalue weighted by molar-refractivity contribution is 5.78. The number of carbonyl (C=O) groups excluding carboxylic acids is 1. The van der Waals surface area contributed by atoms with Gasteiger partial charge in [0, 0.05) is 42.4 Å². The van der Waals surface area contributed by atoms with Crippen LogP contribution >= 0.6 is 0 Å². The molecule has 3 atom stereocenters. The summed E-state index contributed by atoms with van der Waals surface area (Å²) in [7, 11) is 1.83. The molecule has 4 heteroatoms. The summed E-state index contributed by atoms with van der Waals surface area (Å²) >= 11 is 0. The molecule has 0 radical (unpaired) electrons. The number of aliphatic hydroxyl groups is 2. The Balaban J connectivity index is 2.61. The van der Waals surface area contributed by atoms with E-state index < -0.39 is 12.2 Å².